The molecule has 142 valence electrons. The molecule has 26 heavy (non-hydrogen) atoms. The summed E-state index contributed by atoms with van der Waals surface area (Å²) in [7, 11) is 3.62. The van der Waals surface area contributed by atoms with Crippen LogP contribution >= 0.6 is 0 Å². The van der Waals surface area contributed by atoms with Gasteiger partial charge < -0.3 is 15.5 Å². The molecule has 7 nitrogen and oxygen atoms in total. The predicted octanol–water partition coefficient (Wildman–Crippen LogP) is 1.00. The number of carbonyl (C=O) groups excluding carboxylic acids is 2. The first-order chi connectivity index (χ1) is 12.6. The molecular weight excluding hydrogens is 330 g/mol. The van der Waals surface area contributed by atoms with Crippen LogP contribution in [-0.4, -0.2) is 79.6 Å². The summed E-state index contributed by atoms with van der Waals surface area (Å²) >= 11 is 0. The highest BCUT2D eigenvalue weighted by molar-refractivity contribution is 5.99. The van der Waals surface area contributed by atoms with Gasteiger partial charge in [0.1, 0.15) is 0 Å². The average Bonchev–Trinajstić information content (AvgIpc) is 2.73. The van der Waals surface area contributed by atoms with E-state index in [1.807, 2.05) is 41.2 Å². The van der Waals surface area contributed by atoms with Gasteiger partial charge in [-0.15, -0.1) is 0 Å². The Morgan fingerprint density at radius 2 is 1.88 bits per heavy atom. The fourth-order valence-corrected chi connectivity index (χ4v) is 3.69. The van der Waals surface area contributed by atoms with Gasteiger partial charge in [0.2, 0.25) is 5.91 Å². The van der Waals surface area contributed by atoms with Crippen LogP contribution in [0, 0.1) is 0 Å². The number of hydrogen-bond acceptors (Lipinski definition) is 5. The lowest BCUT2D eigenvalue weighted by Crippen LogP contribution is -2.58. The fourth-order valence-electron chi connectivity index (χ4n) is 3.69. The van der Waals surface area contributed by atoms with E-state index >= 15 is 0 Å². The second-order valence-electron chi connectivity index (χ2n) is 6.91. The monoisotopic (exact) mass is 359 g/mol. The maximum Gasteiger partial charge on any atom is 0.269 e. The number of piperidine rings is 1. The summed E-state index contributed by atoms with van der Waals surface area (Å²) in [5.74, 6) is 0.169. The SMILES string of the molecule is CNc1ccccc1C(=O)N(C)N1CCN(C(=O)C2CCCCN2)CC1. The van der Waals surface area contributed by atoms with E-state index in [0.717, 1.165) is 31.5 Å². The number of nitrogens with one attached hydrogen (secondary N) is 2. The minimum absolute atomic E-state index is 0.0304. The molecule has 7 heteroatoms. The Labute approximate surface area is 155 Å². The van der Waals surface area contributed by atoms with Gasteiger partial charge in [-0.05, 0) is 31.5 Å². The fraction of sp³-hybridized carbons (Fsp3) is 0.579. The number of piperazine rings is 1. The Balaban J connectivity index is 1.57. The number of amides is 2. The highest BCUT2D eigenvalue weighted by atomic mass is 16.2. The van der Waals surface area contributed by atoms with E-state index in [4.69, 9.17) is 0 Å². The molecule has 0 saturated carbocycles. The maximum absolute atomic E-state index is 12.8. The second kappa shape index (κ2) is 8.51. The van der Waals surface area contributed by atoms with E-state index in [1.165, 1.54) is 0 Å². The summed E-state index contributed by atoms with van der Waals surface area (Å²) in [5, 5.41) is 10.1. The van der Waals surface area contributed by atoms with Crippen molar-refractivity contribution < 1.29 is 9.59 Å². The third kappa shape index (κ3) is 3.99. The molecule has 1 atom stereocenters. The predicted molar refractivity (Wildman–Crippen MR) is 102 cm³/mol. The van der Waals surface area contributed by atoms with Gasteiger partial charge in [0.15, 0.2) is 0 Å². The topological polar surface area (TPSA) is 67.9 Å². The molecule has 2 amide bonds. The van der Waals surface area contributed by atoms with E-state index in [9.17, 15) is 9.59 Å². The first-order valence-corrected chi connectivity index (χ1v) is 9.43. The summed E-state index contributed by atoms with van der Waals surface area (Å²) in [6.07, 6.45) is 3.20. The van der Waals surface area contributed by atoms with Crippen molar-refractivity contribution in [1.29, 1.82) is 0 Å². The molecule has 3 rings (SSSR count). The molecule has 2 saturated heterocycles. The van der Waals surface area contributed by atoms with Crippen molar-refractivity contribution in [1.82, 2.24) is 20.2 Å². The molecule has 1 unspecified atom stereocenters. The normalized spacial score (nSPS) is 21.3. The number of hydrogen-bond donors (Lipinski definition) is 2. The molecule has 0 spiro atoms. The molecule has 2 N–H and O–H groups in total. The van der Waals surface area contributed by atoms with Gasteiger partial charge in [-0.1, -0.05) is 18.6 Å². The molecule has 2 heterocycles. The second-order valence-corrected chi connectivity index (χ2v) is 6.91. The molecule has 0 aromatic heterocycles. The minimum Gasteiger partial charge on any atom is -0.387 e. The molecule has 2 aliphatic rings. The van der Waals surface area contributed by atoms with Crippen molar-refractivity contribution in [3.63, 3.8) is 0 Å². The van der Waals surface area contributed by atoms with Gasteiger partial charge in [-0.25, -0.2) is 5.01 Å². The number of hydrazine groups is 1. The highest BCUT2D eigenvalue weighted by Crippen LogP contribution is 2.18. The molecular formula is C19H29N5O2. The van der Waals surface area contributed by atoms with Crippen molar-refractivity contribution in [2.75, 3.05) is 52.1 Å². The lowest BCUT2D eigenvalue weighted by atomic mass is 10.0. The Kier molecular flexibility index (Phi) is 6.11. The Morgan fingerprint density at radius 1 is 1.15 bits per heavy atom. The highest BCUT2D eigenvalue weighted by Gasteiger charge is 2.30. The van der Waals surface area contributed by atoms with Crippen LogP contribution < -0.4 is 10.6 Å². The minimum atomic E-state index is -0.0383. The first-order valence-electron chi connectivity index (χ1n) is 9.43. The van der Waals surface area contributed by atoms with E-state index in [2.05, 4.69) is 10.6 Å². The maximum atomic E-state index is 12.8. The van der Waals surface area contributed by atoms with Crippen LogP contribution in [0.2, 0.25) is 0 Å². The number of rotatable bonds is 4. The van der Waals surface area contributed by atoms with E-state index in [0.29, 0.717) is 31.7 Å². The van der Waals surface area contributed by atoms with E-state index < -0.39 is 0 Å². The van der Waals surface area contributed by atoms with Crippen molar-refractivity contribution in [2.45, 2.75) is 25.3 Å². The van der Waals surface area contributed by atoms with Gasteiger partial charge in [0, 0.05) is 46.0 Å². The van der Waals surface area contributed by atoms with Crippen LogP contribution in [0.15, 0.2) is 24.3 Å². The number of para-hydroxylation sites is 1. The molecule has 0 bridgehead atoms. The third-order valence-electron chi connectivity index (χ3n) is 5.32. The Bertz CT molecular complexity index is 637. The van der Waals surface area contributed by atoms with Crippen LogP contribution in [0.5, 0.6) is 0 Å². The van der Waals surface area contributed by atoms with Crippen LogP contribution in [0.25, 0.3) is 0 Å². The summed E-state index contributed by atoms with van der Waals surface area (Å²) in [6.45, 7) is 3.58. The number of anilines is 1. The van der Waals surface area contributed by atoms with E-state index in [1.54, 1.807) is 12.1 Å². The lowest BCUT2D eigenvalue weighted by molar-refractivity contribution is -0.137. The van der Waals surface area contributed by atoms with Gasteiger partial charge in [-0.2, -0.15) is 0 Å². The van der Waals surface area contributed by atoms with Crippen molar-refractivity contribution in [2.24, 2.45) is 0 Å². The Morgan fingerprint density at radius 3 is 2.54 bits per heavy atom. The summed E-state index contributed by atoms with van der Waals surface area (Å²) in [6, 6.07) is 7.48. The van der Waals surface area contributed by atoms with Gasteiger partial charge >= 0.3 is 0 Å². The first kappa shape index (κ1) is 18.7. The van der Waals surface area contributed by atoms with Gasteiger partial charge in [0.05, 0.1) is 11.6 Å². The molecule has 0 aliphatic carbocycles. The summed E-state index contributed by atoms with van der Waals surface area (Å²) < 4.78 is 0. The largest absolute Gasteiger partial charge is 0.387 e. The lowest BCUT2D eigenvalue weighted by Gasteiger charge is -2.40. The van der Waals surface area contributed by atoms with Crippen LogP contribution in [0.4, 0.5) is 5.69 Å². The van der Waals surface area contributed by atoms with Crippen LogP contribution in [-0.2, 0) is 4.79 Å². The van der Waals surface area contributed by atoms with Gasteiger partial charge in [0.25, 0.3) is 5.91 Å². The van der Waals surface area contributed by atoms with Crippen molar-refractivity contribution >= 4 is 17.5 Å². The van der Waals surface area contributed by atoms with Crippen molar-refractivity contribution in [3.05, 3.63) is 29.8 Å². The number of benzene rings is 1. The van der Waals surface area contributed by atoms with Crippen molar-refractivity contribution in [3.8, 4) is 0 Å². The number of carbonyl (C=O) groups is 2. The zero-order valence-corrected chi connectivity index (χ0v) is 15.7. The zero-order valence-electron chi connectivity index (χ0n) is 15.7. The molecule has 0 radical (unpaired) electrons. The average molecular weight is 359 g/mol. The van der Waals surface area contributed by atoms with Crippen LogP contribution in [0.1, 0.15) is 29.6 Å². The summed E-state index contributed by atoms with van der Waals surface area (Å²) in [4.78, 5) is 27.4. The molecule has 2 aliphatic heterocycles. The van der Waals surface area contributed by atoms with Gasteiger partial charge in [-0.3, -0.25) is 14.6 Å². The van der Waals surface area contributed by atoms with Crippen LogP contribution in [0.3, 0.4) is 0 Å². The third-order valence-corrected chi connectivity index (χ3v) is 5.32. The van der Waals surface area contributed by atoms with E-state index in [-0.39, 0.29) is 17.9 Å². The number of nitrogens with zero attached hydrogens (tertiary/aromatic N) is 3. The molecule has 1 aromatic carbocycles. The smallest absolute Gasteiger partial charge is 0.269 e. The Hall–Kier alpha value is -2.12. The summed E-state index contributed by atoms with van der Waals surface area (Å²) in [5.41, 5.74) is 1.48. The zero-order chi connectivity index (χ0) is 18.5. The molecule has 1 aromatic rings. The quantitative estimate of drug-likeness (QED) is 0.840. The standard InChI is InChI=1S/C19H29N5O2/c1-20-16-8-4-3-7-15(16)18(25)22(2)24-13-11-23(12-14-24)19(26)17-9-5-6-10-21-17/h3-4,7-8,17,20-21H,5-6,9-14H2,1-2H3. The molecule has 2 fully saturated rings.